The number of hydrogen-bond donors (Lipinski definition) is 2. The van der Waals surface area contributed by atoms with E-state index in [2.05, 4.69) is 15.5 Å². The molecule has 3 saturated heterocycles. The van der Waals surface area contributed by atoms with Crippen molar-refractivity contribution in [1.82, 2.24) is 15.1 Å². The second-order valence-corrected chi connectivity index (χ2v) is 12.8. The summed E-state index contributed by atoms with van der Waals surface area (Å²) in [5, 5.41) is 6.88. The van der Waals surface area contributed by atoms with E-state index in [1.54, 1.807) is 23.1 Å². The predicted molar refractivity (Wildman–Crippen MR) is 154 cm³/mol. The van der Waals surface area contributed by atoms with Gasteiger partial charge in [-0.2, -0.15) is 0 Å². The summed E-state index contributed by atoms with van der Waals surface area (Å²) in [6.07, 6.45) is 13.2. The molecular weight excluding hydrogens is 551 g/mol. The summed E-state index contributed by atoms with van der Waals surface area (Å²) < 4.78 is 6.48. The minimum atomic E-state index is -1.15. The first-order valence-corrected chi connectivity index (χ1v) is 15.6. The van der Waals surface area contributed by atoms with Crippen LogP contribution in [-0.4, -0.2) is 77.5 Å². The standard InChI is InChI=1S/C30H38Cl2N4O4/c31-21-11-10-20(18-22(21)32)34-27(37)24-23-12-13-30(40-23)25(24)29(39)36(17-16-35-14-6-1-2-7-15-35)26(30)28(38)33-19-8-4-3-5-9-19/h10-13,18-19,23-26H,1-9,14-17H2,(H,33,38)(H,34,37)/t23-,24?,25-,26?,30?/m0/s1. The fourth-order valence-corrected chi connectivity index (χ4v) is 7.74. The van der Waals surface area contributed by atoms with Gasteiger partial charge in [-0.25, -0.2) is 0 Å². The Morgan fingerprint density at radius 3 is 2.40 bits per heavy atom. The molecule has 5 atom stereocenters. The maximum absolute atomic E-state index is 14.2. The van der Waals surface area contributed by atoms with Crippen molar-refractivity contribution in [3.63, 3.8) is 0 Å². The fourth-order valence-electron chi connectivity index (χ4n) is 7.44. The third-order valence-corrected chi connectivity index (χ3v) is 10.2. The van der Waals surface area contributed by atoms with E-state index in [1.807, 2.05) is 12.2 Å². The van der Waals surface area contributed by atoms with Crippen molar-refractivity contribution in [3.05, 3.63) is 40.4 Å². The lowest BCUT2D eigenvalue weighted by Crippen LogP contribution is -2.57. The number of likely N-dealkylation sites (tertiary alicyclic amines) is 2. The summed E-state index contributed by atoms with van der Waals surface area (Å²) in [5.41, 5.74) is -0.658. The Hall–Kier alpha value is -2.13. The highest BCUT2D eigenvalue weighted by molar-refractivity contribution is 6.42. The van der Waals surface area contributed by atoms with E-state index in [4.69, 9.17) is 27.9 Å². The molecule has 8 nitrogen and oxygen atoms in total. The average Bonchev–Trinajstić information content (AvgIpc) is 3.49. The maximum atomic E-state index is 14.2. The molecule has 2 bridgehead atoms. The van der Waals surface area contributed by atoms with Gasteiger partial charge in [0.2, 0.25) is 17.7 Å². The molecule has 4 fully saturated rings. The highest BCUT2D eigenvalue weighted by atomic mass is 35.5. The molecule has 1 spiro atoms. The van der Waals surface area contributed by atoms with Gasteiger partial charge in [-0.1, -0.05) is 67.5 Å². The van der Waals surface area contributed by atoms with Crippen LogP contribution in [0, 0.1) is 11.8 Å². The molecule has 0 aromatic heterocycles. The van der Waals surface area contributed by atoms with Gasteiger partial charge in [0.1, 0.15) is 11.6 Å². The normalized spacial score (nSPS) is 32.2. The molecule has 40 heavy (non-hydrogen) atoms. The van der Waals surface area contributed by atoms with E-state index < -0.39 is 29.6 Å². The van der Waals surface area contributed by atoms with E-state index in [-0.39, 0.29) is 23.8 Å². The number of ether oxygens (including phenoxy) is 1. The largest absolute Gasteiger partial charge is 0.359 e. The number of fused-ring (bicyclic) bond motifs is 1. The van der Waals surface area contributed by atoms with E-state index in [9.17, 15) is 14.4 Å². The van der Waals surface area contributed by atoms with Crippen LogP contribution in [-0.2, 0) is 19.1 Å². The van der Waals surface area contributed by atoms with Crippen molar-refractivity contribution in [1.29, 1.82) is 0 Å². The van der Waals surface area contributed by atoms with Crippen molar-refractivity contribution in [2.45, 2.75) is 81.6 Å². The lowest BCUT2D eigenvalue weighted by Gasteiger charge is -2.35. The number of rotatable bonds is 7. The Morgan fingerprint density at radius 2 is 1.68 bits per heavy atom. The molecule has 216 valence electrons. The molecule has 0 radical (unpaired) electrons. The van der Waals surface area contributed by atoms with Crippen molar-refractivity contribution in [2.75, 3.05) is 31.5 Å². The summed E-state index contributed by atoms with van der Waals surface area (Å²) in [6.45, 7) is 3.14. The summed E-state index contributed by atoms with van der Waals surface area (Å²) in [4.78, 5) is 45.9. The van der Waals surface area contributed by atoms with Gasteiger partial charge >= 0.3 is 0 Å². The summed E-state index contributed by atoms with van der Waals surface area (Å²) in [6, 6.07) is 4.19. The molecule has 4 heterocycles. The highest BCUT2D eigenvalue weighted by Crippen LogP contribution is 2.55. The number of carbonyl (C=O) groups is 3. The minimum Gasteiger partial charge on any atom is -0.359 e. The summed E-state index contributed by atoms with van der Waals surface area (Å²) in [7, 11) is 0. The SMILES string of the molecule is O=C(Nc1ccc(Cl)c(Cl)c1)C1[C@@H]2C=CC3(O2)C(C(=O)NC2CCCCC2)N(CCN2CCCCCC2)C(=O)[C@H]13. The van der Waals surface area contributed by atoms with Gasteiger partial charge in [0.05, 0.1) is 28.0 Å². The van der Waals surface area contributed by atoms with Crippen molar-refractivity contribution in [3.8, 4) is 0 Å². The number of nitrogens with zero attached hydrogens (tertiary/aromatic N) is 2. The zero-order valence-electron chi connectivity index (χ0n) is 22.7. The van der Waals surface area contributed by atoms with Gasteiger partial charge in [-0.3, -0.25) is 14.4 Å². The Bertz CT molecular complexity index is 1180. The number of anilines is 1. The van der Waals surface area contributed by atoms with Gasteiger partial charge in [0, 0.05) is 24.8 Å². The zero-order chi connectivity index (χ0) is 27.9. The van der Waals surface area contributed by atoms with Crippen LogP contribution in [0.15, 0.2) is 30.4 Å². The highest BCUT2D eigenvalue weighted by Gasteiger charge is 2.72. The van der Waals surface area contributed by atoms with E-state index in [0.717, 1.165) is 51.6 Å². The molecule has 1 aliphatic carbocycles. The number of hydrogen-bond acceptors (Lipinski definition) is 5. The Kier molecular flexibility index (Phi) is 8.14. The molecule has 10 heteroatoms. The van der Waals surface area contributed by atoms with Crippen LogP contribution in [0.3, 0.4) is 0 Å². The van der Waals surface area contributed by atoms with Crippen LogP contribution in [0.25, 0.3) is 0 Å². The summed E-state index contributed by atoms with van der Waals surface area (Å²) >= 11 is 12.2. The van der Waals surface area contributed by atoms with Gasteiger partial charge < -0.3 is 25.2 Å². The van der Waals surface area contributed by atoms with E-state index >= 15 is 0 Å². The van der Waals surface area contributed by atoms with Crippen LogP contribution in [0.5, 0.6) is 0 Å². The first kappa shape index (κ1) is 28.0. The monoisotopic (exact) mass is 588 g/mol. The second kappa shape index (κ2) is 11.6. The first-order chi connectivity index (χ1) is 19.4. The Labute approximate surface area is 245 Å². The lowest BCUT2D eigenvalue weighted by molar-refractivity contribution is -0.141. The van der Waals surface area contributed by atoms with Gasteiger partial charge in [-0.15, -0.1) is 0 Å². The molecule has 4 aliphatic heterocycles. The lowest BCUT2D eigenvalue weighted by atomic mass is 9.74. The number of amides is 3. The third kappa shape index (κ3) is 5.17. The smallest absolute Gasteiger partial charge is 0.246 e. The first-order valence-electron chi connectivity index (χ1n) is 14.8. The number of nitrogens with one attached hydrogen (secondary N) is 2. The minimum absolute atomic E-state index is 0.107. The van der Waals surface area contributed by atoms with Gasteiger partial charge in [0.25, 0.3) is 0 Å². The summed E-state index contributed by atoms with van der Waals surface area (Å²) in [5.74, 6) is -2.19. The van der Waals surface area contributed by atoms with Crippen LogP contribution < -0.4 is 10.6 Å². The molecule has 5 aliphatic rings. The molecule has 2 N–H and O–H groups in total. The van der Waals surface area contributed by atoms with E-state index in [0.29, 0.717) is 28.8 Å². The predicted octanol–water partition coefficient (Wildman–Crippen LogP) is 4.41. The van der Waals surface area contributed by atoms with Crippen LogP contribution in [0.1, 0.15) is 57.8 Å². The number of carbonyl (C=O) groups excluding carboxylic acids is 3. The van der Waals surface area contributed by atoms with Gasteiger partial charge in [0.15, 0.2) is 0 Å². The molecule has 3 amide bonds. The van der Waals surface area contributed by atoms with Crippen LogP contribution in [0.4, 0.5) is 5.69 Å². The second-order valence-electron chi connectivity index (χ2n) is 12.0. The number of benzene rings is 1. The van der Waals surface area contributed by atoms with Crippen LogP contribution in [0.2, 0.25) is 10.0 Å². The molecule has 1 aromatic carbocycles. The van der Waals surface area contributed by atoms with E-state index in [1.165, 1.54) is 19.3 Å². The molecule has 6 rings (SSSR count). The van der Waals surface area contributed by atoms with Crippen molar-refractivity contribution in [2.24, 2.45) is 11.8 Å². The average molecular weight is 590 g/mol. The Morgan fingerprint density at radius 1 is 0.950 bits per heavy atom. The quantitative estimate of drug-likeness (QED) is 0.460. The number of halogens is 2. The van der Waals surface area contributed by atoms with Crippen LogP contribution >= 0.6 is 23.2 Å². The van der Waals surface area contributed by atoms with Crippen molar-refractivity contribution < 1.29 is 19.1 Å². The molecule has 1 aromatic rings. The molecule has 1 saturated carbocycles. The molecular formula is C30H38Cl2N4O4. The van der Waals surface area contributed by atoms with Gasteiger partial charge in [-0.05, 0) is 57.0 Å². The zero-order valence-corrected chi connectivity index (χ0v) is 24.3. The third-order valence-electron chi connectivity index (χ3n) is 9.42. The fraction of sp³-hybridized carbons (Fsp3) is 0.633. The molecule has 3 unspecified atom stereocenters. The maximum Gasteiger partial charge on any atom is 0.246 e. The topological polar surface area (TPSA) is 91.0 Å². The van der Waals surface area contributed by atoms with Crippen molar-refractivity contribution >= 4 is 46.6 Å². The Balaban J connectivity index is 1.26.